The highest BCUT2D eigenvalue weighted by atomic mass is 16.6. The highest BCUT2D eigenvalue weighted by Gasteiger charge is 2.21. The van der Waals surface area contributed by atoms with Crippen molar-refractivity contribution in [1.29, 1.82) is 0 Å². The van der Waals surface area contributed by atoms with Crippen LogP contribution in [0.3, 0.4) is 0 Å². The van der Waals surface area contributed by atoms with E-state index in [2.05, 4.69) is 17.2 Å². The summed E-state index contributed by atoms with van der Waals surface area (Å²) >= 11 is 0. The lowest BCUT2D eigenvalue weighted by atomic mass is 10.1. The normalized spacial score (nSPS) is 11.4. The van der Waals surface area contributed by atoms with Gasteiger partial charge in [0.1, 0.15) is 5.60 Å². The fourth-order valence-corrected chi connectivity index (χ4v) is 2.95. The van der Waals surface area contributed by atoms with Crippen molar-refractivity contribution in [3.8, 4) is 0 Å². The quantitative estimate of drug-likeness (QED) is 0.719. The molecule has 1 amide bonds. The smallest absolute Gasteiger partial charge is 0.410 e. The van der Waals surface area contributed by atoms with E-state index >= 15 is 0 Å². The third-order valence-corrected chi connectivity index (χ3v) is 4.36. The van der Waals surface area contributed by atoms with E-state index in [0.717, 1.165) is 28.4 Å². The van der Waals surface area contributed by atoms with Crippen molar-refractivity contribution in [3.63, 3.8) is 0 Å². The van der Waals surface area contributed by atoms with Gasteiger partial charge >= 0.3 is 6.09 Å². The van der Waals surface area contributed by atoms with Crippen molar-refractivity contribution in [2.75, 3.05) is 13.1 Å². The predicted molar refractivity (Wildman–Crippen MR) is 106 cm³/mol. The van der Waals surface area contributed by atoms with Gasteiger partial charge in [-0.25, -0.2) is 4.79 Å². The third-order valence-electron chi connectivity index (χ3n) is 4.36. The molecule has 0 bridgehead atoms. The summed E-state index contributed by atoms with van der Waals surface area (Å²) in [4.78, 5) is 25.2. The van der Waals surface area contributed by atoms with Crippen molar-refractivity contribution in [2.45, 2.75) is 39.7 Å². The predicted octanol–water partition coefficient (Wildman–Crippen LogP) is 4.43. The minimum Gasteiger partial charge on any atom is -0.444 e. The van der Waals surface area contributed by atoms with Gasteiger partial charge < -0.3 is 14.2 Å². The summed E-state index contributed by atoms with van der Waals surface area (Å²) in [6.07, 6.45) is 2.95. The highest BCUT2D eigenvalue weighted by molar-refractivity contribution is 5.92. The Morgan fingerprint density at radius 2 is 1.96 bits per heavy atom. The van der Waals surface area contributed by atoms with E-state index in [9.17, 15) is 9.59 Å². The average molecular weight is 356 g/mol. The van der Waals surface area contributed by atoms with Crippen molar-refractivity contribution in [2.24, 2.45) is 7.05 Å². The van der Waals surface area contributed by atoms with Crippen molar-refractivity contribution in [3.05, 3.63) is 41.6 Å². The van der Waals surface area contributed by atoms with Crippen LogP contribution >= 0.6 is 0 Å². The second kappa shape index (κ2) is 7.77. The number of nitrogens with zero attached hydrogens (tertiary/aromatic N) is 2. The van der Waals surface area contributed by atoms with Crippen molar-refractivity contribution < 1.29 is 14.3 Å². The molecule has 140 valence electrons. The maximum absolute atomic E-state index is 12.3. The standard InChI is InChI=1S/C21H28N2O3/c1-7-15-13-19-16(11-17(15)14-24)12-18(22(19)6)9-10-23(8-2)20(25)26-21(3,4)5/h7,11-14H,1,8-10H2,2-6H3. The van der Waals surface area contributed by atoms with E-state index in [0.29, 0.717) is 25.1 Å². The van der Waals surface area contributed by atoms with Gasteiger partial charge in [0.2, 0.25) is 0 Å². The van der Waals surface area contributed by atoms with Gasteiger partial charge in [0.05, 0.1) is 0 Å². The summed E-state index contributed by atoms with van der Waals surface area (Å²) in [7, 11) is 1.99. The van der Waals surface area contributed by atoms with E-state index < -0.39 is 5.60 Å². The number of carbonyl (C=O) groups is 2. The average Bonchev–Trinajstić information content (AvgIpc) is 2.88. The van der Waals surface area contributed by atoms with Gasteiger partial charge in [-0.05, 0) is 51.5 Å². The number of rotatable bonds is 6. The Bertz CT molecular complexity index is 828. The lowest BCUT2D eigenvalue weighted by Crippen LogP contribution is -2.38. The Morgan fingerprint density at radius 3 is 2.50 bits per heavy atom. The summed E-state index contributed by atoms with van der Waals surface area (Å²) in [6.45, 7) is 12.5. The zero-order chi connectivity index (χ0) is 19.5. The number of benzene rings is 1. The van der Waals surface area contributed by atoms with Crippen molar-refractivity contribution in [1.82, 2.24) is 9.47 Å². The maximum atomic E-state index is 12.3. The molecular weight excluding hydrogens is 328 g/mol. The van der Waals surface area contributed by atoms with E-state index in [4.69, 9.17) is 4.74 Å². The second-order valence-corrected chi connectivity index (χ2v) is 7.37. The summed E-state index contributed by atoms with van der Waals surface area (Å²) < 4.78 is 7.56. The number of aryl methyl sites for hydroxylation is 1. The maximum Gasteiger partial charge on any atom is 0.410 e. The van der Waals surface area contributed by atoms with Gasteiger partial charge in [0.25, 0.3) is 0 Å². The molecule has 2 rings (SSSR count). The van der Waals surface area contributed by atoms with Gasteiger partial charge in [0, 0.05) is 48.7 Å². The van der Waals surface area contributed by atoms with Crippen LogP contribution in [0.1, 0.15) is 49.3 Å². The van der Waals surface area contributed by atoms with Gasteiger partial charge in [-0.1, -0.05) is 12.7 Å². The van der Waals surface area contributed by atoms with Gasteiger partial charge in [-0.2, -0.15) is 0 Å². The summed E-state index contributed by atoms with van der Waals surface area (Å²) in [5.41, 5.74) is 3.09. The van der Waals surface area contributed by atoms with E-state index in [-0.39, 0.29) is 6.09 Å². The first kappa shape index (κ1) is 19.8. The Morgan fingerprint density at radius 1 is 1.27 bits per heavy atom. The number of ether oxygens (including phenoxy) is 1. The van der Waals surface area contributed by atoms with E-state index in [1.54, 1.807) is 11.0 Å². The summed E-state index contributed by atoms with van der Waals surface area (Å²) in [5.74, 6) is 0. The Balaban J connectivity index is 2.22. The largest absolute Gasteiger partial charge is 0.444 e. The molecule has 0 fully saturated rings. The van der Waals surface area contributed by atoms with Crippen LogP contribution in [0.25, 0.3) is 17.0 Å². The number of amides is 1. The summed E-state index contributed by atoms with van der Waals surface area (Å²) in [6, 6.07) is 5.92. The molecule has 1 heterocycles. The Hall–Kier alpha value is -2.56. The first-order chi connectivity index (χ1) is 12.2. The third kappa shape index (κ3) is 4.34. The Kier molecular flexibility index (Phi) is 5.90. The Labute approximate surface area is 155 Å². The number of aromatic nitrogens is 1. The molecule has 5 nitrogen and oxygen atoms in total. The van der Waals surface area contributed by atoms with E-state index in [1.165, 1.54) is 0 Å². The number of likely N-dealkylation sites (N-methyl/N-ethyl adjacent to an activating group) is 1. The number of aldehydes is 1. The molecule has 0 spiro atoms. The van der Waals surface area contributed by atoms with Crippen LogP contribution in [0.5, 0.6) is 0 Å². The van der Waals surface area contributed by atoms with Gasteiger partial charge in [-0.15, -0.1) is 0 Å². The van der Waals surface area contributed by atoms with Crippen molar-refractivity contribution >= 4 is 29.4 Å². The minimum atomic E-state index is -0.503. The molecule has 0 radical (unpaired) electrons. The second-order valence-electron chi connectivity index (χ2n) is 7.37. The lowest BCUT2D eigenvalue weighted by molar-refractivity contribution is 0.0261. The van der Waals surface area contributed by atoms with Crippen LogP contribution in [0.2, 0.25) is 0 Å². The molecule has 0 aliphatic carbocycles. The van der Waals surface area contributed by atoms with Crippen LogP contribution in [-0.2, 0) is 18.2 Å². The zero-order valence-electron chi connectivity index (χ0n) is 16.3. The number of fused-ring (bicyclic) bond motifs is 1. The van der Waals surface area contributed by atoms with Gasteiger partial charge in [-0.3, -0.25) is 4.79 Å². The lowest BCUT2D eigenvalue weighted by Gasteiger charge is -2.26. The fraction of sp³-hybridized carbons (Fsp3) is 0.429. The number of carbonyl (C=O) groups excluding carboxylic acids is 2. The molecule has 0 saturated carbocycles. The number of hydrogen-bond donors (Lipinski definition) is 0. The molecule has 0 N–H and O–H groups in total. The van der Waals surface area contributed by atoms with Crippen LogP contribution in [0.4, 0.5) is 4.79 Å². The molecule has 5 heteroatoms. The SMILES string of the molecule is C=Cc1cc2c(cc1C=O)cc(CCN(CC)C(=O)OC(C)(C)C)n2C. The molecular formula is C21H28N2O3. The number of hydrogen-bond acceptors (Lipinski definition) is 3. The highest BCUT2D eigenvalue weighted by Crippen LogP contribution is 2.24. The van der Waals surface area contributed by atoms with Crippen LogP contribution in [-0.4, -0.2) is 40.5 Å². The topological polar surface area (TPSA) is 51.5 Å². The monoisotopic (exact) mass is 356 g/mol. The molecule has 0 saturated heterocycles. The fourth-order valence-electron chi connectivity index (χ4n) is 2.95. The molecule has 26 heavy (non-hydrogen) atoms. The molecule has 2 aromatic rings. The summed E-state index contributed by atoms with van der Waals surface area (Å²) in [5, 5.41) is 1.01. The van der Waals surface area contributed by atoms with Crippen LogP contribution in [0, 0.1) is 0 Å². The van der Waals surface area contributed by atoms with Crippen LogP contribution in [0.15, 0.2) is 24.8 Å². The van der Waals surface area contributed by atoms with Gasteiger partial charge in [0.15, 0.2) is 6.29 Å². The zero-order valence-corrected chi connectivity index (χ0v) is 16.3. The molecule has 1 aromatic heterocycles. The first-order valence-corrected chi connectivity index (χ1v) is 8.88. The van der Waals surface area contributed by atoms with Crippen LogP contribution < -0.4 is 0 Å². The minimum absolute atomic E-state index is 0.295. The van der Waals surface area contributed by atoms with E-state index in [1.807, 2.05) is 46.9 Å². The molecule has 0 unspecified atom stereocenters. The molecule has 0 atom stereocenters. The molecule has 0 aliphatic heterocycles. The molecule has 1 aromatic carbocycles. The molecule has 0 aliphatic rings. The first-order valence-electron chi connectivity index (χ1n) is 8.88.